The largest absolute Gasteiger partial charge is 0.488 e. The van der Waals surface area contributed by atoms with E-state index in [1.807, 2.05) is 0 Å². The zero-order valence-electron chi connectivity index (χ0n) is 10.1. The molecule has 112 valence electrons. The number of hydrogen-bond acceptors (Lipinski definition) is 6. The van der Waals surface area contributed by atoms with E-state index in [4.69, 9.17) is 20.2 Å². The highest BCUT2D eigenvalue weighted by molar-refractivity contribution is 8.13. The summed E-state index contributed by atoms with van der Waals surface area (Å²) in [6, 6.07) is 2.99. The number of ether oxygens (including phenoxy) is 2. The fourth-order valence-electron chi connectivity index (χ4n) is 1.19. The van der Waals surface area contributed by atoms with Gasteiger partial charge < -0.3 is 9.47 Å². The summed E-state index contributed by atoms with van der Waals surface area (Å²) in [6.07, 6.45) is 0. The maximum atomic E-state index is 13.4. The third kappa shape index (κ3) is 6.13. The number of nitro groups is 1. The van der Waals surface area contributed by atoms with Gasteiger partial charge >= 0.3 is 0 Å². The van der Waals surface area contributed by atoms with Crippen LogP contribution in [0.1, 0.15) is 0 Å². The SMILES string of the molecule is O=[N+]([O-])c1ccc(OCCOCCS(=O)(=O)Cl)c(F)c1. The number of benzene rings is 1. The molecular formula is C10H11ClFNO6S. The van der Waals surface area contributed by atoms with E-state index < -0.39 is 19.8 Å². The van der Waals surface area contributed by atoms with Crippen LogP contribution >= 0.6 is 10.7 Å². The Kier molecular flexibility index (Phi) is 6.11. The summed E-state index contributed by atoms with van der Waals surface area (Å²) in [6.45, 7) is -0.0994. The first-order valence-electron chi connectivity index (χ1n) is 5.36. The van der Waals surface area contributed by atoms with E-state index in [1.54, 1.807) is 0 Å². The molecule has 1 rings (SSSR count). The quantitative estimate of drug-likeness (QED) is 0.312. The first kappa shape index (κ1) is 16.6. The van der Waals surface area contributed by atoms with E-state index in [0.717, 1.165) is 18.2 Å². The van der Waals surface area contributed by atoms with Crippen molar-refractivity contribution in [3.05, 3.63) is 34.1 Å². The van der Waals surface area contributed by atoms with E-state index in [2.05, 4.69) is 0 Å². The molecule has 0 aliphatic rings. The van der Waals surface area contributed by atoms with Crippen LogP contribution in [0.25, 0.3) is 0 Å². The number of hydrogen-bond donors (Lipinski definition) is 0. The molecule has 0 aliphatic carbocycles. The van der Waals surface area contributed by atoms with Gasteiger partial charge in [0.25, 0.3) is 5.69 Å². The molecule has 0 unspecified atom stereocenters. The summed E-state index contributed by atoms with van der Waals surface area (Å²) in [7, 11) is 1.36. The van der Waals surface area contributed by atoms with Crippen LogP contribution in [0, 0.1) is 15.9 Å². The normalized spacial score (nSPS) is 11.3. The maximum absolute atomic E-state index is 13.4. The minimum absolute atomic E-state index is 0.0306. The summed E-state index contributed by atoms with van der Waals surface area (Å²) in [5.41, 5.74) is -0.376. The van der Waals surface area contributed by atoms with Crippen LogP contribution in [-0.2, 0) is 13.8 Å². The molecule has 10 heteroatoms. The molecule has 0 aromatic heterocycles. The number of halogens is 2. The molecule has 1 aromatic carbocycles. The van der Waals surface area contributed by atoms with Crippen molar-refractivity contribution >= 4 is 25.4 Å². The van der Waals surface area contributed by atoms with Crippen molar-refractivity contribution in [1.29, 1.82) is 0 Å². The molecule has 0 spiro atoms. The Morgan fingerprint density at radius 1 is 1.30 bits per heavy atom. The van der Waals surface area contributed by atoms with Crippen LogP contribution in [0.2, 0.25) is 0 Å². The second-order valence-corrected chi connectivity index (χ2v) is 6.47. The first-order chi connectivity index (χ1) is 9.29. The highest BCUT2D eigenvalue weighted by Gasteiger charge is 2.11. The number of nitrogens with zero attached hydrogens (tertiary/aromatic N) is 1. The lowest BCUT2D eigenvalue weighted by molar-refractivity contribution is -0.385. The zero-order chi connectivity index (χ0) is 15.2. The number of rotatable bonds is 8. The van der Waals surface area contributed by atoms with Gasteiger partial charge in [0, 0.05) is 16.7 Å². The lowest BCUT2D eigenvalue weighted by Gasteiger charge is -2.07. The standard InChI is InChI=1S/C10H11ClFNO6S/c11-20(16,17)6-5-18-3-4-19-10-2-1-8(13(14)15)7-9(10)12/h1-2,7H,3-6H2. The average Bonchev–Trinajstić information content (AvgIpc) is 2.33. The Bertz CT molecular complexity index is 579. The number of nitro benzene ring substituents is 1. The Balaban J connectivity index is 2.34. The minimum Gasteiger partial charge on any atom is -0.488 e. The Morgan fingerprint density at radius 3 is 2.55 bits per heavy atom. The molecule has 0 saturated heterocycles. The molecule has 7 nitrogen and oxygen atoms in total. The summed E-state index contributed by atoms with van der Waals surface area (Å²) in [4.78, 5) is 9.68. The van der Waals surface area contributed by atoms with Crippen LogP contribution in [-0.4, -0.2) is 38.9 Å². The molecule has 0 fully saturated rings. The lowest BCUT2D eigenvalue weighted by atomic mass is 10.3. The highest BCUT2D eigenvalue weighted by Crippen LogP contribution is 2.22. The van der Waals surface area contributed by atoms with Gasteiger partial charge in [0.1, 0.15) is 6.61 Å². The molecule has 0 atom stereocenters. The van der Waals surface area contributed by atoms with Gasteiger partial charge in [-0.25, -0.2) is 12.8 Å². The maximum Gasteiger partial charge on any atom is 0.272 e. The van der Waals surface area contributed by atoms with Crippen molar-refractivity contribution < 1.29 is 27.2 Å². The summed E-state index contributed by atoms with van der Waals surface area (Å²) in [5, 5.41) is 10.4. The Hall–Kier alpha value is -1.45. The van der Waals surface area contributed by atoms with Crippen molar-refractivity contribution in [3.8, 4) is 5.75 Å². The molecule has 0 amide bonds. The minimum atomic E-state index is -3.60. The second kappa shape index (κ2) is 7.36. The Morgan fingerprint density at radius 2 is 2.00 bits per heavy atom. The summed E-state index contributed by atoms with van der Waals surface area (Å²) < 4.78 is 44.4. The van der Waals surface area contributed by atoms with Crippen LogP contribution in [0.3, 0.4) is 0 Å². The molecule has 0 radical (unpaired) electrons. The van der Waals surface area contributed by atoms with Crippen molar-refractivity contribution in [2.45, 2.75) is 0 Å². The van der Waals surface area contributed by atoms with Crippen LogP contribution < -0.4 is 4.74 Å². The predicted octanol–water partition coefficient (Wildman–Crippen LogP) is 1.70. The van der Waals surface area contributed by atoms with Gasteiger partial charge in [0.05, 0.1) is 30.0 Å². The molecule has 0 heterocycles. The average molecular weight is 328 g/mol. The van der Waals surface area contributed by atoms with E-state index in [-0.39, 0.29) is 37.0 Å². The third-order valence-electron chi connectivity index (χ3n) is 2.08. The highest BCUT2D eigenvalue weighted by atomic mass is 35.7. The zero-order valence-corrected chi connectivity index (χ0v) is 11.7. The Labute approximate surface area is 118 Å². The smallest absolute Gasteiger partial charge is 0.272 e. The van der Waals surface area contributed by atoms with Gasteiger partial charge in [-0.1, -0.05) is 0 Å². The topological polar surface area (TPSA) is 95.7 Å². The second-order valence-electron chi connectivity index (χ2n) is 3.58. The summed E-state index contributed by atoms with van der Waals surface area (Å²) in [5.74, 6) is -1.34. The van der Waals surface area contributed by atoms with E-state index in [9.17, 15) is 22.9 Å². The molecule has 1 aromatic rings. The van der Waals surface area contributed by atoms with Crippen molar-refractivity contribution in [1.82, 2.24) is 0 Å². The van der Waals surface area contributed by atoms with E-state index in [0.29, 0.717) is 0 Å². The van der Waals surface area contributed by atoms with Crippen LogP contribution in [0.4, 0.5) is 10.1 Å². The molecule has 20 heavy (non-hydrogen) atoms. The number of non-ortho nitro benzene ring substituents is 1. The van der Waals surface area contributed by atoms with Crippen molar-refractivity contribution in [3.63, 3.8) is 0 Å². The van der Waals surface area contributed by atoms with Crippen molar-refractivity contribution in [2.75, 3.05) is 25.6 Å². The fourth-order valence-corrected chi connectivity index (χ4v) is 1.70. The van der Waals surface area contributed by atoms with E-state index >= 15 is 0 Å². The van der Waals surface area contributed by atoms with Crippen LogP contribution in [0.15, 0.2) is 18.2 Å². The predicted molar refractivity (Wildman–Crippen MR) is 69.0 cm³/mol. The van der Waals surface area contributed by atoms with Crippen molar-refractivity contribution in [2.24, 2.45) is 0 Å². The molecule has 0 N–H and O–H groups in total. The molecule has 0 bridgehead atoms. The third-order valence-corrected chi connectivity index (χ3v) is 3.20. The van der Waals surface area contributed by atoms with Gasteiger partial charge in [0.2, 0.25) is 9.05 Å². The monoisotopic (exact) mass is 327 g/mol. The van der Waals surface area contributed by atoms with Gasteiger partial charge in [-0.3, -0.25) is 10.1 Å². The van der Waals surface area contributed by atoms with Gasteiger partial charge in [0.15, 0.2) is 11.6 Å². The molecule has 0 saturated carbocycles. The van der Waals surface area contributed by atoms with E-state index in [1.165, 1.54) is 0 Å². The lowest BCUT2D eigenvalue weighted by Crippen LogP contribution is -2.12. The van der Waals surface area contributed by atoms with Crippen LogP contribution in [0.5, 0.6) is 5.75 Å². The van der Waals surface area contributed by atoms with Gasteiger partial charge in [-0.05, 0) is 6.07 Å². The van der Waals surface area contributed by atoms with Gasteiger partial charge in [-0.15, -0.1) is 0 Å². The molecular weight excluding hydrogens is 317 g/mol. The van der Waals surface area contributed by atoms with Gasteiger partial charge in [-0.2, -0.15) is 0 Å². The molecule has 0 aliphatic heterocycles. The fraction of sp³-hybridized carbons (Fsp3) is 0.400. The first-order valence-corrected chi connectivity index (χ1v) is 7.84. The summed E-state index contributed by atoms with van der Waals surface area (Å²) >= 11 is 0.